The number of Topliss-reactive ketones (excluding diaryl/α,β-unsaturated/α-hetero) is 1. The molecule has 0 spiro atoms. The maximum absolute atomic E-state index is 12.8. The van der Waals surface area contributed by atoms with Crippen LogP contribution in [0.3, 0.4) is 0 Å². The Hall–Kier alpha value is -2.59. The van der Waals surface area contributed by atoms with Crippen LogP contribution in [0.25, 0.3) is 0 Å². The zero-order chi connectivity index (χ0) is 19.7. The second-order valence-electron chi connectivity index (χ2n) is 5.41. The van der Waals surface area contributed by atoms with Crippen molar-refractivity contribution in [3.8, 4) is 0 Å². The topological polar surface area (TPSA) is 142 Å². The van der Waals surface area contributed by atoms with Gasteiger partial charge in [0.05, 0.1) is 18.4 Å². The molecular formula is C14H21F2N3O6. The van der Waals surface area contributed by atoms with Crippen LogP contribution >= 0.6 is 0 Å². The highest BCUT2D eigenvalue weighted by atomic mass is 19.3. The maximum atomic E-state index is 12.8. The van der Waals surface area contributed by atoms with Crippen LogP contribution in [0.15, 0.2) is 0 Å². The number of nitrogens with one attached hydrogen (secondary N) is 3. The van der Waals surface area contributed by atoms with Crippen LogP contribution in [-0.4, -0.2) is 59.6 Å². The largest absolute Gasteiger partial charge is 0.481 e. The van der Waals surface area contributed by atoms with Gasteiger partial charge < -0.3 is 21.1 Å². The molecule has 4 N–H and O–H groups in total. The molecule has 9 nitrogen and oxygen atoms in total. The van der Waals surface area contributed by atoms with E-state index >= 15 is 0 Å². The maximum Gasteiger partial charge on any atom is 0.304 e. The normalized spacial score (nSPS) is 15.4. The summed E-state index contributed by atoms with van der Waals surface area (Å²) in [7, 11) is 0. The van der Waals surface area contributed by atoms with Crippen molar-refractivity contribution in [2.75, 3.05) is 0 Å². The lowest BCUT2D eigenvalue weighted by Gasteiger charge is -2.22. The third-order valence-electron chi connectivity index (χ3n) is 3.31. The fourth-order valence-electron chi connectivity index (χ4n) is 1.81. The number of hydrogen-bond acceptors (Lipinski definition) is 5. The van der Waals surface area contributed by atoms with Gasteiger partial charge in [-0.15, -0.1) is 0 Å². The zero-order valence-electron chi connectivity index (χ0n) is 13.9. The van der Waals surface area contributed by atoms with Crippen LogP contribution in [0.2, 0.25) is 0 Å². The highest BCUT2D eigenvalue weighted by Gasteiger charge is 2.34. The molecule has 0 aliphatic carbocycles. The predicted octanol–water partition coefficient (Wildman–Crippen LogP) is -0.945. The summed E-state index contributed by atoms with van der Waals surface area (Å²) in [6.45, 7) is 3.81. The van der Waals surface area contributed by atoms with Gasteiger partial charge in [-0.2, -0.15) is 0 Å². The van der Waals surface area contributed by atoms with E-state index in [4.69, 9.17) is 5.11 Å². The Balaban J connectivity index is 4.75. The Labute approximate surface area is 142 Å². The minimum atomic E-state index is -3.18. The van der Waals surface area contributed by atoms with Crippen molar-refractivity contribution < 1.29 is 37.9 Å². The zero-order valence-corrected chi connectivity index (χ0v) is 13.9. The molecule has 0 saturated carbocycles. The Morgan fingerprint density at radius 1 is 0.960 bits per heavy atom. The second kappa shape index (κ2) is 10.3. The first-order valence-corrected chi connectivity index (χ1v) is 7.35. The van der Waals surface area contributed by atoms with Crippen LogP contribution in [-0.2, 0) is 24.0 Å². The van der Waals surface area contributed by atoms with E-state index in [-0.39, 0.29) is 0 Å². The minimum Gasteiger partial charge on any atom is -0.481 e. The summed E-state index contributed by atoms with van der Waals surface area (Å²) in [6.07, 6.45) is -3.93. The molecule has 0 bridgehead atoms. The number of amides is 3. The molecule has 0 aromatic carbocycles. The van der Waals surface area contributed by atoms with Crippen molar-refractivity contribution in [1.29, 1.82) is 0 Å². The highest BCUT2D eigenvalue weighted by molar-refractivity contribution is 5.95. The molecule has 0 saturated heterocycles. The summed E-state index contributed by atoms with van der Waals surface area (Å²) in [5.41, 5.74) is 0. The van der Waals surface area contributed by atoms with Crippen LogP contribution < -0.4 is 16.0 Å². The molecule has 25 heavy (non-hydrogen) atoms. The van der Waals surface area contributed by atoms with Gasteiger partial charge in [0, 0.05) is 0 Å². The van der Waals surface area contributed by atoms with Gasteiger partial charge in [-0.1, -0.05) is 0 Å². The molecule has 142 valence electrons. The van der Waals surface area contributed by atoms with E-state index in [2.05, 4.69) is 16.0 Å². The lowest BCUT2D eigenvalue weighted by Crippen LogP contribution is -2.53. The number of hydrogen-bond donors (Lipinski definition) is 4. The smallest absolute Gasteiger partial charge is 0.304 e. The molecule has 0 aromatic heterocycles. The van der Waals surface area contributed by atoms with E-state index in [0.29, 0.717) is 6.41 Å². The third kappa shape index (κ3) is 7.68. The summed E-state index contributed by atoms with van der Waals surface area (Å²) < 4.78 is 25.6. The molecule has 0 aromatic rings. The summed E-state index contributed by atoms with van der Waals surface area (Å²) in [6, 6.07) is -3.37. The van der Waals surface area contributed by atoms with Gasteiger partial charge in [-0.25, -0.2) is 8.78 Å². The van der Waals surface area contributed by atoms with E-state index in [9.17, 15) is 32.8 Å². The molecule has 0 rings (SSSR count). The molecular weight excluding hydrogens is 344 g/mol. The lowest BCUT2D eigenvalue weighted by atomic mass is 9.96. The van der Waals surface area contributed by atoms with Gasteiger partial charge in [0.15, 0.2) is 5.78 Å². The molecule has 0 aliphatic heterocycles. The fraction of sp³-hybridized carbons (Fsp3) is 0.643. The SMILES string of the molecule is CC(NC=O)C(=O)NC(C)C(=O)NC(C)C(=O)C(CC(=O)O)C(F)F. The number of carboxylic acids is 1. The van der Waals surface area contributed by atoms with Crippen LogP contribution in [0, 0.1) is 5.92 Å². The van der Waals surface area contributed by atoms with Crippen molar-refractivity contribution in [3.05, 3.63) is 0 Å². The van der Waals surface area contributed by atoms with Crippen LogP contribution in [0.4, 0.5) is 8.78 Å². The summed E-state index contributed by atoms with van der Waals surface area (Å²) >= 11 is 0. The average Bonchev–Trinajstić information content (AvgIpc) is 2.51. The van der Waals surface area contributed by atoms with Crippen LogP contribution in [0.5, 0.6) is 0 Å². The summed E-state index contributed by atoms with van der Waals surface area (Å²) in [5, 5.41) is 15.2. The minimum absolute atomic E-state index is 0.308. The molecule has 11 heteroatoms. The van der Waals surface area contributed by atoms with E-state index in [1.165, 1.54) is 13.8 Å². The highest BCUT2D eigenvalue weighted by Crippen LogP contribution is 2.17. The van der Waals surface area contributed by atoms with E-state index in [0.717, 1.165) is 6.92 Å². The monoisotopic (exact) mass is 365 g/mol. The van der Waals surface area contributed by atoms with Crippen molar-refractivity contribution in [1.82, 2.24) is 16.0 Å². The Bertz CT molecular complexity index is 529. The van der Waals surface area contributed by atoms with E-state index in [1.807, 2.05) is 0 Å². The van der Waals surface area contributed by atoms with E-state index < -0.39 is 60.5 Å². The van der Waals surface area contributed by atoms with Crippen molar-refractivity contribution in [3.63, 3.8) is 0 Å². The molecule has 4 atom stereocenters. The molecule has 0 fully saturated rings. The Kier molecular flexibility index (Phi) is 9.24. The summed E-state index contributed by atoms with van der Waals surface area (Å²) in [5.74, 6) is -6.22. The van der Waals surface area contributed by atoms with Gasteiger partial charge >= 0.3 is 5.97 Å². The number of alkyl halides is 2. The summed E-state index contributed by atoms with van der Waals surface area (Å²) in [4.78, 5) is 56.3. The molecule has 0 heterocycles. The van der Waals surface area contributed by atoms with Crippen molar-refractivity contribution in [2.45, 2.75) is 51.7 Å². The van der Waals surface area contributed by atoms with Gasteiger partial charge in [0.2, 0.25) is 24.6 Å². The first-order valence-electron chi connectivity index (χ1n) is 7.35. The van der Waals surface area contributed by atoms with Gasteiger partial charge in [-0.05, 0) is 20.8 Å². The van der Waals surface area contributed by atoms with Crippen LogP contribution in [0.1, 0.15) is 27.2 Å². The van der Waals surface area contributed by atoms with Gasteiger partial charge in [0.25, 0.3) is 0 Å². The first-order chi connectivity index (χ1) is 11.5. The number of carboxylic acid groups (broad SMARTS) is 1. The predicted molar refractivity (Wildman–Crippen MR) is 80.6 cm³/mol. The van der Waals surface area contributed by atoms with Crippen molar-refractivity contribution >= 4 is 30.0 Å². The number of aliphatic carboxylic acids is 1. The average molecular weight is 365 g/mol. The Morgan fingerprint density at radius 3 is 1.88 bits per heavy atom. The lowest BCUT2D eigenvalue weighted by molar-refractivity contribution is -0.144. The first kappa shape index (κ1) is 22.4. The number of rotatable bonds is 11. The van der Waals surface area contributed by atoms with E-state index in [1.54, 1.807) is 0 Å². The quantitative estimate of drug-likeness (QED) is 0.348. The van der Waals surface area contributed by atoms with Gasteiger partial charge in [-0.3, -0.25) is 24.0 Å². The number of carbonyl (C=O) groups is 5. The standard InChI is InChI=1S/C14H21F2N3O6/c1-6(11(23)9(12(15)16)4-10(21)22)18-14(25)8(3)19-13(24)7(2)17-5-20/h5-9,12H,4H2,1-3H3,(H,17,20)(H,18,25)(H,19,24)(H,21,22). The fourth-order valence-corrected chi connectivity index (χ4v) is 1.81. The third-order valence-corrected chi connectivity index (χ3v) is 3.31. The number of halogens is 2. The molecule has 4 unspecified atom stereocenters. The molecule has 0 aliphatic rings. The molecule has 3 amide bonds. The van der Waals surface area contributed by atoms with Crippen molar-refractivity contribution in [2.24, 2.45) is 5.92 Å². The molecule has 0 radical (unpaired) electrons. The second-order valence-corrected chi connectivity index (χ2v) is 5.41. The number of carbonyl (C=O) groups excluding carboxylic acids is 4. The Morgan fingerprint density at radius 2 is 1.44 bits per heavy atom. The van der Waals surface area contributed by atoms with Gasteiger partial charge in [0.1, 0.15) is 12.1 Å². The number of ketones is 1.